The first-order valence-electron chi connectivity index (χ1n) is 13.1. The van der Waals surface area contributed by atoms with Gasteiger partial charge in [0, 0.05) is 46.7 Å². The molecule has 0 unspecified atom stereocenters. The second-order valence-electron chi connectivity index (χ2n) is 9.90. The smallest absolute Gasteiger partial charge is 0.0634 e. The molecule has 2 heterocycles. The zero-order chi connectivity index (χ0) is 25.9. The van der Waals surface area contributed by atoms with Crippen LogP contribution in [-0.2, 0) is 0 Å². The first kappa shape index (κ1) is 22.8. The molecule has 0 aliphatic carbocycles. The van der Waals surface area contributed by atoms with Crippen molar-refractivity contribution < 1.29 is 0 Å². The van der Waals surface area contributed by atoms with Gasteiger partial charge in [-0.1, -0.05) is 107 Å². The van der Waals surface area contributed by atoms with Gasteiger partial charge >= 0.3 is 0 Å². The molecule has 0 amide bonds. The molecule has 39 heavy (non-hydrogen) atoms. The summed E-state index contributed by atoms with van der Waals surface area (Å²) in [5.74, 6) is 0. The van der Waals surface area contributed by atoms with Gasteiger partial charge in [-0.3, -0.25) is 0 Å². The first-order chi connectivity index (χ1) is 19.3. The van der Waals surface area contributed by atoms with Gasteiger partial charge in [0.05, 0.1) is 11.0 Å². The average Bonchev–Trinajstić information content (AvgIpc) is 3.54. The van der Waals surface area contributed by atoms with Crippen LogP contribution in [0, 0.1) is 0 Å². The van der Waals surface area contributed by atoms with Gasteiger partial charge in [0.25, 0.3) is 0 Å². The highest BCUT2D eigenvalue weighted by Crippen LogP contribution is 2.47. The highest BCUT2D eigenvalue weighted by atomic mass is 79.9. The summed E-state index contributed by atoms with van der Waals surface area (Å²) < 4.78 is 6.21. The molecule has 0 aliphatic rings. The number of hydrogen-bond acceptors (Lipinski definition) is 1. The van der Waals surface area contributed by atoms with E-state index in [0.29, 0.717) is 0 Å². The Morgan fingerprint density at radius 1 is 0.538 bits per heavy atom. The average molecular weight is 581 g/mol. The Hall–Kier alpha value is -4.18. The van der Waals surface area contributed by atoms with Gasteiger partial charge in [-0.2, -0.15) is 0 Å². The number of thiophene rings is 1. The van der Waals surface area contributed by atoms with E-state index in [0.717, 1.165) is 4.47 Å². The van der Waals surface area contributed by atoms with Crippen molar-refractivity contribution >= 4 is 69.2 Å². The second-order valence-corrected chi connectivity index (χ2v) is 11.9. The quantitative estimate of drug-likeness (QED) is 0.196. The summed E-state index contributed by atoms with van der Waals surface area (Å²) in [6.45, 7) is 0. The molecule has 0 aliphatic heterocycles. The molecule has 3 heteroatoms. The zero-order valence-electron chi connectivity index (χ0n) is 20.9. The van der Waals surface area contributed by atoms with Crippen LogP contribution in [0.3, 0.4) is 0 Å². The fourth-order valence-corrected chi connectivity index (χ4v) is 7.41. The van der Waals surface area contributed by atoms with Crippen molar-refractivity contribution in [3.8, 4) is 27.9 Å². The molecule has 6 aromatic carbocycles. The number of halogens is 1. The predicted molar refractivity (Wildman–Crippen MR) is 172 cm³/mol. The molecule has 0 saturated carbocycles. The fourth-order valence-electron chi connectivity index (χ4n) is 5.90. The predicted octanol–water partition coefficient (Wildman–Crippen LogP) is 11.2. The van der Waals surface area contributed by atoms with E-state index in [1.165, 1.54) is 69.9 Å². The van der Waals surface area contributed by atoms with Gasteiger partial charge in [-0.15, -0.1) is 11.3 Å². The number of aromatic nitrogens is 1. The number of para-hydroxylation sites is 1. The van der Waals surface area contributed by atoms with Gasteiger partial charge in [0.2, 0.25) is 0 Å². The molecule has 0 fully saturated rings. The van der Waals surface area contributed by atoms with E-state index in [4.69, 9.17) is 0 Å². The molecule has 0 atom stereocenters. The lowest BCUT2D eigenvalue weighted by atomic mass is 9.99. The minimum absolute atomic E-state index is 1.09. The fraction of sp³-hybridized carbons (Fsp3) is 0. The lowest BCUT2D eigenvalue weighted by Crippen LogP contribution is -1.95. The molecule has 8 rings (SSSR count). The number of nitrogens with zero attached hydrogens (tertiary/aromatic N) is 1. The molecule has 2 aromatic heterocycles. The molecule has 0 spiro atoms. The summed E-state index contributed by atoms with van der Waals surface area (Å²) in [6, 6.07) is 48.4. The Labute approximate surface area is 238 Å². The van der Waals surface area contributed by atoms with Crippen molar-refractivity contribution in [3.05, 3.63) is 138 Å². The van der Waals surface area contributed by atoms with Crippen LogP contribution in [0.2, 0.25) is 0 Å². The van der Waals surface area contributed by atoms with E-state index in [1.807, 2.05) is 11.3 Å². The molecular formula is C36H22BrNS. The Kier molecular flexibility index (Phi) is 5.22. The standard InChI is InChI=1S/C36H22BrNS/c37-26-19-17-24(18-20-26)30-22-31-28-13-4-6-15-32(28)38(27-12-8-11-25(21-27)23-9-2-1-3-10-23)35(31)34-29-14-5-7-16-33(29)39-36(30)34/h1-22H. The summed E-state index contributed by atoms with van der Waals surface area (Å²) in [7, 11) is 0. The van der Waals surface area contributed by atoms with E-state index in [9.17, 15) is 0 Å². The summed E-state index contributed by atoms with van der Waals surface area (Å²) in [5.41, 5.74) is 8.64. The molecule has 184 valence electrons. The third kappa shape index (κ3) is 3.58. The summed E-state index contributed by atoms with van der Waals surface area (Å²) in [5, 5.41) is 5.19. The van der Waals surface area contributed by atoms with Gasteiger partial charge < -0.3 is 4.57 Å². The van der Waals surface area contributed by atoms with Gasteiger partial charge in [0.1, 0.15) is 0 Å². The van der Waals surface area contributed by atoms with E-state index in [1.54, 1.807) is 0 Å². The van der Waals surface area contributed by atoms with Crippen LogP contribution in [-0.4, -0.2) is 4.57 Å². The van der Waals surface area contributed by atoms with Crippen LogP contribution in [0.15, 0.2) is 138 Å². The van der Waals surface area contributed by atoms with Crippen LogP contribution in [0.1, 0.15) is 0 Å². The number of fused-ring (bicyclic) bond motifs is 7. The van der Waals surface area contributed by atoms with Crippen LogP contribution < -0.4 is 0 Å². The summed E-state index contributed by atoms with van der Waals surface area (Å²) in [4.78, 5) is 0. The molecular weight excluding hydrogens is 558 g/mol. The lowest BCUT2D eigenvalue weighted by molar-refractivity contribution is 1.19. The summed E-state index contributed by atoms with van der Waals surface area (Å²) in [6.07, 6.45) is 0. The Morgan fingerprint density at radius 3 is 2.10 bits per heavy atom. The summed E-state index contributed by atoms with van der Waals surface area (Å²) >= 11 is 5.51. The third-order valence-corrected chi connectivity index (χ3v) is 9.38. The van der Waals surface area contributed by atoms with Crippen molar-refractivity contribution in [1.82, 2.24) is 4.57 Å². The molecule has 8 aromatic rings. The number of rotatable bonds is 3. The van der Waals surface area contributed by atoms with Crippen LogP contribution in [0.4, 0.5) is 0 Å². The maximum absolute atomic E-state index is 3.62. The van der Waals surface area contributed by atoms with Crippen molar-refractivity contribution in [2.45, 2.75) is 0 Å². The molecule has 1 nitrogen and oxygen atoms in total. The molecule has 0 N–H and O–H groups in total. The Balaban J connectivity index is 1.55. The van der Waals surface area contributed by atoms with Gasteiger partial charge in [-0.25, -0.2) is 0 Å². The zero-order valence-corrected chi connectivity index (χ0v) is 23.3. The van der Waals surface area contributed by atoms with E-state index < -0.39 is 0 Å². The van der Waals surface area contributed by atoms with Gasteiger partial charge in [0.15, 0.2) is 0 Å². The van der Waals surface area contributed by atoms with Crippen LogP contribution in [0.25, 0.3) is 69.9 Å². The van der Waals surface area contributed by atoms with Crippen molar-refractivity contribution in [1.29, 1.82) is 0 Å². The van der Waals surface area contributed by atoms with Crippen molar-refractivity contribution in [2.24, 2.45) is 0 Å². The van der Waals surface area contributed by atoms with Crippen LogP contribution >= 0.6 is 27.3 Å². The number of hydrogen-bond donors (Lipinski definition) is 0. The SMILES string of the molecule is Brc1ccc(-c2cc3c4ccccc4n(-c4cccc(-c5ccccc5)c4)c3c3c2sc2ccccc23)cc1. The maximum atomic E-state index is 3.62. The minimum Gasteiger partial charge on any atom is -0.309 e. The third-order valence-electron chi connectivity index (χ3n) is 7.65. The lowest BCUT2D eigenvalue weighted by Gasteiger charge is -2.12. The van der Waals surface area contributed by atoms with Crippen LogP contribution in [0.5, 0.6) is 0 Å². The van der Waals surface area contributed by atoms with E-state index in [-0.39, 0.29) is 0 Å². The first-order valence-corrected chi connectivity index (χ1v) is 14.7. The highest BCUT2D eigenvalue weighted by Gasteiger charge is 2.21. The molecule has 0 bridgehead atoms. The Morgan fingerprint density at radius 2 is 1.26 bits per heavy atom. The Bertz CT molecular complexity index is 2170. The highest BCUT2D eigenvalue weighted by molar-refractivity contribution is 9.10. The topological polar surface area (TPSA) is 4.93 Å². The second kappa shape index (κ2) is 8.94. The van der Waals surface area contributed by atoms with Crippen molar-refractivity contribution in [2.75, 3.05) is 0 Å². The van der Waals surface area contributed by atoms with Crippen molar-refractivity contribution in [3.63, 3.8) is 0 Å². The van der Waals surface area contributed by atoms with E-state index in [2.05, 4.69) is 154 Å². The monoisotopic (exact) mass is 579 g/mol. The largest absolute Gasteiger partial charge is 0.309 e. The minimum atomic E-state index is 1.09. The van der Waals surface area contributed by atoms with Gasteiger partial charge in [-0.05, 0) is 59.2 Å². The van der Waals surface area contributed by atoms with E-state index >= 15 is 0 Å². The maximum Gasteiger partial charge on any atom is 0.0634 e. The molecule has 0 saturated heterocycles. The normalized spacial score (nSPS) is 11.7. The number of benzene rings is 6. The molecule has 0 radical (unpaired) electrons.